The molecule has 0 radical (unpaired) electrons. The fourth-order valence-electron chi connectivity index (χ4n) is 7.17. The Kier molecular flexibility index (Phi) is 18.2. The summed E-state index contributed by atoms with van der Waals surface area (Å²) in [5, 5.41) is 16.3. The minimum atomic E-state index is 0.759. The van der Waals surface area contributed by atoms with Crippen LogP contribution in [-0.2, 0) is 0 Å². The van der Waals surface area contributed by atoms with Crippen molar-refractivity contribution in [1.29, 1.82) is 0 Å². The van der Waals surface area contributed by atoms with E-state index in [0.29, 0.717) is 0 Å². The van der Waals surface area contributed by atoms with Crippen molar-refractivity contribution in [3.05, 3.63) is 95.0 Å². The van der Waals surface area contributed by atoms with Gasteiger partial charge in [-0.15, -0.1) is 0 Å². The molecule has 4 aromatic carbocycles. The van der Waals surface area contributed by atoms with Gasteiger partial charge < -0.3 is 40.9 Å². The highest BCUT2D eigenvalue weighted by Crippen LogP contribution is 2.40. The zero-order valence-corrected chi connectivity index (χ0v) is 37.0. The fraction of sp³-hybridized carbons (Fsp3) is 0.467. The van der Waals surface area contributed by atoms with Crippen molar-refractivity contribution >= 4 is 69.5 Å². The summed E-state index contributed by atoms with van der Waals surface area (Å²) in [5.41, 5.74) is 4.55. The molecule has 0 aliphatic carbocycles. The Morgan fingerprint density at radius 2 is 0.807 bits per heavy atom. The Bertz CT molecular complexity index is 1670. The van der Waals surface area contributed by atoms with Crippen molar-refractivity contribution in [2.75, 3.05) is 127 Å². The second kappa shape index (κ2) is 23.7. The molecular weight excluding hydrogens is 788 g/mol. The number of halogens is 2. The Morgan fingerprint density at radius 3 is 1.25 bits per heavy atom. The molecule has 0 aromatic heterocycles. The molecule has 0 amide bonds. The summed E-state index contributed by atoms with van der Waals surface area (Å²) >= 11 is 16.5. The van der Waals surface area contributed by atoms with Gasteiger partial charge in [0.05, 0.1) is 0 Å². The Morgan fingerprint density at radius 1 is 0.439 bits per heavy atom. The summed E-state index contributed by atoms with van der Waals surface area (Å²) in [4.78, 5) is 14.8. The molecule has 2 aliphatic heterocycles. The highest BCUT2D eigenvalue weighted by molar-refractivity contribution is 8.00. The van der Waals surface area contributed by atoms with Gasteiger partial charge in [0, 0.05) is 131 Å². The summed E-state index contributed by atoms with van der Waals surface area (Å²) in [6.45, 7) is 15.2. The summed E-state index contributed by atoms with van der Waals surface area (Å²) in [7, 11) is 4.42. The molecule has 0 unspecified atom stereocenters. The van der Waals surface area contributed by atoms with E-state index in [1.165, 1.54) is 31.0 Å². The summed E-state index contributed by atoms with van der Waals surface area (Å²) in [6, 6.07) is 29.6. The summed E-state index contributed by atoms with van der Waals surface area (Å²) < 4.78 is 0. The third-order valence-corrected chi connectivity index (χ3v) is 13.5. The fourth-order valence-corrected chi connectivity index (χ4v) is 9.53. The van der Waals surface area contributed by atoms with Gasteiger partial charge >= 0.3 is 0 Å². The number of unbranched alkanes of at least 4 members (excludes halogenated alkanes) is 2. The van der Waals surface area contributed by atoms with Crippen LogP contribution in [0.2, 0.25) is 10.0 Å². The van der Waals surface area contributed by atoms with Gasteiger partial charge in [-0.05, 0) is 120 Å². The van der Waals surface area contributed by atoms with Crippen molar-refractivity contribution < 1.29 is 0 Å². The van der Waals surface area contributed by atoms with E-state index in [0.717, 1.165) is 145 Å². The van der Waals surface area contributed by atoms with E-state index in [2.05, 4.69) is 128 Å². The van der Waals surface area contributed by atoms with E-state index in [-0.39, 0.29) is 0 Å². The normalized spacial score (nSPS) is 15.8. The first-order chi connectivity index (χ1) is 27.9. The number of nitrogens with one attached hydrogen (secondary N) is 4. The average molecular weight is 850 g/mol. The molecule has 2 heterocycles. The third kappa shape index (κ3) is 14.8. The summed E-state index contributed by atoms with van der Waals surface area (Å²) in [5.74, 6) is 0. The number of benzene rings is 4. The van der Waals surface area contributed by atoms with Gasteiger partial charge in [-0.2, -0.15) is 0 Å². The van der Waals surface area contributed by atoms with E-state index >= 15 is 0 Å². The lowest BCUT2D eigenvalue weighted by Gasteiger charge is -2.32. The molecular formula is C45H62Cl2N8S2. The van der Waals surface area contributed by atoms with Crippen LogP contribution in [0.4, 0.5) is 22.7 Å². The van der Waals surface area contributed by atoms with E-state index in [9.17, 15) is 0 Å². The predicted molar refractivity (Wildman–Crippen MR) is 249 cm³/mol. The van der Waals surface area contributed by atoms with Crippen molar-refractivity contribution in [3.63, 3.8) is 0 Å². The standard InChI is InChI=1S/C45H62Cl2N8S2/c1-52-26-30-54(31-27-52)24-10-22-50-40-34-36(46)16-18-44(40)56-42-14-6-4-12-38(42)48-20-8-3-9-21-49-39-13-5-7-15-43(39)57-45-19-17-37(47)35-41(45)51-23-11-25-55-32-28-53(2)29-33-55/h4-7,12-19,34-35,48-51H,3,8-11,20-33H2,1-2H3. The van der Waals surface area contributed by atoms with Crippen molar-refractivity contribution in [2.45, 2.75) is 51.7 Å². The molecule has 8 nitrogen and oxygen atoms in total. The Hall–Kier alpha value is -2.80. The highest BCUT2D eigenvalue weighted by atomic mass is 35.5. The molecule has 4 N–H and O–H groups in total. The van der Waals surface area contributed by atoms with Crippen LogP contribution in [0.5, 0.6) is 0 Å². The molecule has 12 heteroatoms. The monoisotopic (exact) mass is 848 g/mol. The number of hydrogen-bond donors (Lipinski definition) is 4. The lowest BCUT2D eigenvalue weighted by atomic mass is 10.2. The molecule has 0 atom stereocenters. The van der Waals surface area contributed by atoms with Crippen LogP contribution < -0.4 is 21.3 Å². The maximum Gasteiger partial charge on any atom is 0.0496 e. The molecule has 57 heavy (non-hydrogen) atoms. The quantitative estimate of drug-likeness (QED) is 0.0576. The smallest absolute Gasteiger partial charge is 0.0496 e. The molecule has 0 saturated carbocycles. The number of rotatable bonds is 22. The van der Waals surface area contributed by atoms with Gasteiger partial charge in [-0.1, -0.05) is 71.0 Å². The van der Waals surface area contributed by atoms with Gasteiger partial charge in [0.2, 0.25) is 0 Å². The van der Waals surface area contributed by atoms with Crippen LogP contribution >= 0.6 is 46.7 Å². The number of hydrogen-bond acceptors (Lipinski definition) is 10. The zero-order valence-electron chi connectivity index (χ0n) is 33.9. The van der Waals surface area contributed by atoms with E-state index in [1.807, 2.05) is 12.1 Å². The van der Waals surface area contributed by atoms with Gasteiger partial charge in [0.25, 0.3) is 0 Å². The van der Waals surface area contributed by atoms with E-state index in [4.69, 9.17) is 23.2 Å². The van der Waals surface area contributed by atoms with Crippen LogP contribution in [-0.4, -0.2) is 125 Å². The molecule has 4 aromatic rings. The second-order valence-electron chi connectivity index (χ2n) is 15.2. The van der Waals surface area contributed by atoms with Crippen molar-refractivity contribution in [1.82, 2.24) is 19.6 Å². The molecule has 2 aliphatic rings. The third-order valence-electron chi connectivity index (χ3n) is 10.7. The highest BCUT2D eigenvalue weighted by Gasteiger charge is 2.15. The van der Waals surface area contributed by atoms with E-state index < -0.39 is 0 Å². The maximum absolute atomic E-state index is 6.46. The van der Waals surface area contributed by atoms with Crippen LogP contribution in [0.15, 0.2) is 105 Å². The number of piperazine rings is 2. The summed E-state index contributed by atoms with van der Waals surface area (Å²) in [6.07, 6.45) is 5.57. The van der Waals surface area contributed by atoms with Gasteiger partial charge in [0.1, 0.15) is 0 Å². The largest absolute Gasteiger partial charge is 0.384 e. The molecule has 2 saturated heterocycles. The number of anilines is 4. The van der Waals surface area contributed by atoms with Crippen molar-refractivity contribution in [2.24, 2.45) is 0 Å². The molecule has 2 fully saturated rings. The molecule has 6 rings (SSSR count). The first-order valence-corrected chi connectivity index (χ1v) is 23.2. The first kappa shape index (κ1) is 43.8. The van der Waals surface area contributed by atoms with Gasteiger partial charge in [-0.3, -0.25) is 0 Å². The van der Waals surface area contributed by atoms with Gasteiger partial charge in [-0.25, -0.2) is 0 Å². The average Bonchev–Trinajstić information content (AvgIpc) is 3.22. The molecule has 0 bridgehead atoms. The number of nitrogens with zero attached hydrogens (tertiary/aromatic N) is 4. The predicted octanol–water partition coefficient (Wildman–Crippen LogP) is 10.1. The minimum absolute atomic E-state index is 0.759. The maximum atomic E-state index is 6.46. The van der Waals surface area contributed by atoms with Crippen molar-refractivity contribution in [3.8, 4) is 0 Å². The topological polar surface area (TPSA) is 61.1 Å². The second-order valence-corrected chi connectivity index (χ2v) is 18.3. The zero-order chi connectivity index (χ0) is 39.7. The lowest BCUT2D eigenvalue weighted by molar-refractivity contribution is 0.154. The van der Waals surface area contributed by atoms with Crippen LogP contribution in [0.1, 0.15) is 32.1 Å². The molecule has 308 valence electrons. The molecule has 0 spiro atoms. The Labute approximate surface area is 360 Å². The number of para-hydroxylation sites is 2. The van der Waals surface area contributed by atoms with E-state index in [1.54, 1.807) is 23.5 Å². The van der Waals surface area contributed by atoms with Gasteiger partial charge in [0.15, 0.2) is 0 Å². The lowest BCUT2D eigenvalue weighted by Crippen LogP contribution is -2.44. The number of likely N-dealkylation sites (N-methyl/N-ethyl adjacent to an activating group) is 2. The minimum Gasteiger partial charge on any atom is -0.384 e. The van der Waals surface area contributed by atoms with Crippen LogP contribution in [0, 0.1) is 0 Å². The van der Waals surface area contributed by atoms with Crippen LogP contribution in [0.25, 0.3) is 0 Å². The Balaban J connectivity index is 0.917. The first-order valence-electron chi connectivity index (χ1n) is 20.8. The SMILES string of the molecule is CN1CCN(CCCNc2cc(Cl)ccc2Sc2ccccc2NCCCCCNc2ccccc2Sc2ccc(Cl)cc2NCCCN2CCN(C)CC2)CC1. The van der Waals surface area contributed by atoms with Crippen LogP contribution in [0.3, 0.4) is 0 Å².